The zero-order chi connectivity index (χ0) is 16.4. The minimum Gasteiger partial charge on any atom is -0.486 e. The van der Waals surface area contributed by atoms with E-state index in [1.807, 2.05) is 24.3 Å². The van der Waals surface area contributed by atoms with Crippen molar-refractivity contribution in [1.29, 1.82) is 0 Å². The second-order valence-corrected chi connectivity index (χ2v) is 6.00. The third-order valence-electron chi connectivity index (χ3n) is 4.28. The number of ether oxygens (including phenoxy) is 2. The van der Waals surface area contributed by atoms with Crippen molar-refractivity contribution in [2.24, 2.45) is 0 Å². The number of fused-ring (bicyclic) bond motifs is 2. The molecule has 1 aromatic carbocycles. The Balaban J connectivity index is 1.38. The summed E-state index contributed by atoms with van der Waals surface area (Å²) in [5.74, 6) is 2.78. The molecule has 24 heavy (non-hydrogen) atoms. The van der Waals surface area contributed by atoms with E-state index in [0.29, 0.717) is 12.6 Å². The van der Waals surface area contributed by atoms with Crippen molar-refractivity contribution in [3.05, 3.63) is 35.5 Å². The van der Waals surface area contributed by atoms with Crippen molar-refractivity contribution in [3.8, 4) is 11.5 Å². The van der Waals surface area contributed by atoms with E-state index in [2.05, 4.69) is 20.6 Å². The lowest BCUT2D eigenvalue weighted by Gasteiger charge is -2.26. The van der Waals surface area contributed by atoms with Crippen molar-refractivity contribution in [2.75, 3.05) is 30.7 Å². The highest BCUT2D eigenvalue weighted by atomic mass is 16.6. The third-order valence-corrected chi connectivity index (χ3v) is 4.28. The fraction of sp³-hybridized carbons (Fsp3) is 0.412. The minimum atomic E-state index is 0.0316. The Labute approximate surface area is 140 Å². The molecule has 0 aliphatic carbocycles. The number of anilines is 2. The molecule has 4 rings (SSSR count). The average Bonchev–Trinajstić information content (AvgIpc) is 2.61. The predicted molar refractivity (Wildman–Crippen MR) is 91.3 cm³/mol. The van der Waals surface area contributed by atoms with Gasteiger partial charge in [-0.1, -0.05) is 12.1 Å². The number of nitrogens with two attached hydrogens (primary N) is 1. The van der Waals surface area contributed by atoms with Crippen LogP contribution in [-0.4, -0.2) is 35.8 Å². The van der Waals surface area contributed by atoms with Gasteiger partial charge in [0.25, 0.3) is 0 Å². The topological polar surface area (TPSA) is 94.3 Å². The highest BCUT2D eigenvalue weighted by molar-refractivity contribution is 5.50. The number of hydrogen-bond acceptors (Lipinski definition) is 7. The summed E-state index contributed by atoms with van der Waals surface area (Å²) in [6.07, 6.45) is 1.77. The van der Waals surface area contributed by atoms with Gasteiger partial charge in [0.05, 0.1) is 5.69 Å². The number of hydrogen-bond donors (Lipinski definition) is 3. The van der Waals surface area contributed by atoms with Crippen LogP contribution < -0.4 is 25.8 Å². The van der Waals surface area contributed by atoms with Crippen LogP contribution >= 0.6 is 0 Å². The van der Waals surface area contributed by atoms with Crippen LogP contribution in [0.25, 0.3) is 0 Å². The van der Waals surface area contributed by atoms with Gasteiger partial charge in [-0.15, -0.1) is 0 Å². The minimum absolute atomic E-state index is 0.0316. The van der Waals surface area contributed by atoms with Crippen molar-refractivity contribution < 1.29 is 9.47 Å². The van der Waals surface area contributed by atoms with Crippen LogP contribution in [0, 0.1) is 0 Å². The first-order valence-electron chi connectivity index (χ1n) is 8.28. The molecule has 0 fully saturated rings. The molecule has 1 atom stereocenters. The van der Waals surface area contributed by atoms with Gasteiger partial charge in [-0.05, 0) is 25.1 Å². The first kappa shape index (κ1) is 15.0. The smallest absolute Gasteiger partial charge is 0.222 e. The van der Waals surface area contributed by atoms with Gasteiger partial charge in [-0.25, -0.2) is 4.98 Å². The molecule has 3 heterocycles. The van der Waals surface area contributed by atoms with Gasteiger partial charge in [0.15, 0.2) is 11.5 Å². The van der Waals surface area contributed by atoms with Crippen LogP contribution in [-0.2, 0) is 13.0 Å². The average molecular weight is 327 g/mol. The molecule has 126 valence electrons. The van der Waals surface area contributed by atoms with E-state index in [1.165, 1.54) is 0 Å². The van der Waals surface area contributed by atoms with Gasteiger partial charge in [-0.3, -0.25) is 0 Å². The fourth-order valence-corrected chi connectivity index (χ4v) is 3.08. The van der Waals surface area contributed by atoms with Gasteiger partial charge in [-0.2, -0.15) is 4.98 Å². The molecule has 0 bridgehead atoms. The van der Waals surface area contributed by atoms with Crippen LogP contribution in [0.3, 0.4) is 0 Å². The van der Waals surface area contributed by atoms with Crippen LogP contribution in [0.2, 0.25) is 0 Å². The number of benzene rings is 1. The van der Waals surface area contributed by atoms with Crippen LogP contribution in [0.4, 0.5) is 11.8 Å². The Kier molecular flexibility index (Phi) is 4.08. The summed E-state index contributed by atoms with van der Waals surface area (Å²) in [6.45, 7) is 2.98. The summed E-state index contributed by atoms with van der Waals surface area (Å²) < 4.78 is 11.7. The van der Waals surface area contributed by atoms with Crippen molar-refractivity contribution in [3.63, 3.8) is 0 Å². The predicted octanol–water partition coefficient (Wildman–Crippen LogP) is 1.35. The number of aromatic nitrogens is 2. The second-order valence-electron chi connectivity index (χ2n) is 6.00. The SMILES string of the molecule is Nc1nc2c(c(NCC[C@H]3COc4ccccc4O3)n1)CCNC2. The Morgan fingerprint density at radius 3 is 3.04 bits per heavy atom. The van der Waals surface area contributed by atoms with E-state index in [-0.39, 0.29) is 6.10 Å². The molecule has 2 aliphatic heterocycles. The van der Waals surface area contributed by atoms with E-state index in [1.54, 1.807) is 0 Å². The van der Waals surface area contributed by atoms with Crippen molar-refractivity contribution in [2.45, 2.75) is 25.5 Å². The van der Waals surface area contributed by atoms with Crippen LogP contribution in [0.5, 0.6) is 11.5 Å². The monoisotopic (exact) mass is 327 g/mol. The van der Waals surface area contributed by atoms with Gasteiger partial charge < -0.3 is 25.8 Å². The molecule has 0 saturated carbocycles. The normalized spacial score (nSPS) is 18.8. The summed E-state index contributed by atoms with van der Waals surface area (Å²) in [4.78, 5) is 8.68. The Hall–Kier alpha value is -2.54. The maximum atomic E-state index is 5.97. The van der Waals surface area contributed by atoms with Crippen LogP contribution in [0.15, 0.2) is 24.3 Å². The first-order chi connectivity index (χ1) is 11.8. The van der Waals surface area contributed by atoms with E-state index in [9.17, 15) is 0 Å². The number of nitrogens with one attached hydrogen (secondary N) is 2. The van der Waals surface area contributed by atoms with E-state index >= 15 is 0 Å². The summed E-state index contributed by atoms with van der Waals surface area (Å²) >= 11 is 0. The molecule has 0 radical (unpaired) electrons. The molecule has 4 N–H and O–H groups in total. The standard InChI is InChI=1S/C17H21N5O2/c18-17-21-13-9-19-7-6-12(13)16(22-17)20-8-5-11-10-23-14-3-1-2-4-15(14)24-11/h1-4,11,19H,5-10H2,(H3,18,20,21,22)/t11-/m0/s1. The van der Waals surface area contributed by atoms with Gasteiger partial charge in [0.2, 0.25) is 5.95 Å². The molecule has 0 unspecified atom stereocenters. The van der Waals surface area contributed by atoms with E-state index in [4.69, 9.17) is 15.2 Å². The number of para-hydroxylation sites is 2. The molecule has 2 aromatic rings. The molecule has 7 heteroatoms. The summed E-state index contributed by atoms with van der Waals surface area (Å²) in [5, 5.41) is 6.69. The molecule has 2 aliphatic rings. The zero-order valence-electron chi connectivity index (χ0n) is 13.4. The van der Waals surface area contributed by atoms with Gasteiger partial charge in [0.1, 0.15) is 18.5 Å². The number of nitrogens with zero attached hydrogens (tertiary/aromatic N) is 2. The maximum Gasteiger partial charge on any atom is 0.222 e. The van der Waals surface area contributed by atoms with Crippen molar-refractivity contribution in [1.82, 2.24) is 15.3 Å². The molecule has 0 amide bonds. The van der Waals surface area contributed by atoms with Gasteiger partial charge >= 0.3 is 0 Å². The molecular weight excluding hydrogens is 306 g/mol. The molecule has 0 saturated heterocycles. The Morgan fingerprint density at radius 1 is 1.25 bits per heavy atom. The highest BCUT2D eigenvalue weighted by Gasteiger charge is 2.21. The number of nitrogen functional groups attached to an aromatic ring is 1. The first-order valence-corrected chi connectivity index (χ1v) is 8.28. The fourth-order valence-electron chi connectivity index (χ4n) is 3.08. The molecule has 1 aromatic heterocycles. The third kappa shape index (κ3) is 3.07. The quantitative estimate of drug-likeness (QED) is 0.780. The summed E-state index contributed by atoms with van der Waals surface area (Å²) in [6, 6.07) is 7.76. The summed E-state index contributed by atoms with van der Waals surface area (Å²) in [5.41, 5.74) is 7.97. The highest BCUT2D eigenvalue weighted by Crippen LogP contribution is 2.31. The Morgan fingerprint density at radius 2 is 2.12 bits per heavy atom. The molecular formula is C17H21N5O2. The zero-order valence-corrected chi connectivity index (χ0v) is 13.4. The lowest BCUT2D eigenvalue weighted by Crippen LogP contribution is -2.31. The van der Waals surface area contributed by atoms with E-state index < -0.39 is 0 Å². The molecule has 0 spiro atoms. The molecule has 7 nitrogen and oxygen atoms in total. The maximum absolute atomic E-state index is 5.97. The lowest BCUT2D eigenvalue weighted by atomic mass is 10.1. The Bertz CT molecular complexity index is 737. The second kappa shape index (κ2) is 6.52. The summed E-state index contributed by atoms with van der Waals surface area (Å²) in [7, 11) is 0. The van der Waals surface area contributed by atoms with Crippen molar-refractivity contribution >= 4 is 11.8 Å². The number of rotatable bonds is 4. The lowest BCUT2D eigenvalue weighted by molar-refractivity contribution is 0.0873. The van der Waals surface area contributed by atoms with E-state index in [0.717, 1.165) is 61.1 Å². The van der Waals surface area contributed by atoms with Gasteiger partial charge in [0, 0.05) is 25.1 Å². The van der Waals surface area contributed by atoms with Crippen LogP contribution in [0.1, 0.15) is 17.7 Å². The largest absolute Gasteiger partial charge is 0.486 e.